The van der Waals surface area contributed by atoms with Crippen LogP contribution in [0, 0.1) is 41.8 Å². The smallest absolute Gasteiger partial charge is 0.204 e. The molecule has 0 saturated heterocycles. The van der Waals surface area contributed by atoms with Gasteiger partial charge in [-0.2, -0.15) is 8.78 Å². The van der Waals surface area contributed by atoms with Crippen molar-refractivity contribution in [1.29, 1.82) is 0 Å². The Bertz CT molecular complexity index is 1370. The maximum Gasteiger partial charge on any atom is 0.204 e. The van der Waals surface area contributed by atoms with Crippen LogP contribution in [0.5, 0.6) is 11.5 Å². The average molecular weight is 549 g/mol. The van der Waals surface area contributed by atoms with E-state index in [1.54, 1.807) is 12.1 Å². The molecule has 0 N–H and O–H groups in total. The van der Waals surface area contributed by atoms with Crippen LogP contribution in [-0.2, 0) is 6.61 Å². The lowest BCUT2D eigenvalue weighted by atomic mass is 9.82. The van der Waals surface area contributed by atoms with Gasteiger partial charge in [-0.05, 0) is 67.4 Å². The van der Waals surface area contributed by atoms with E-state index in [1.807, 2.05) is 6.92 Å². The van der Waals surface area contributed by atoms with Gasteiger partial charge in [0.1, 0.15) is 6.61 Å². The van der Waals surface area contributed by atoms with E-state index < -0.39 is 47.3 Å². The molecule has 0 amide bonds. The molecule has 1 aliphatic carbocycles. The average Bonchev–Trinajstić information content (AvgIpc) is 2.94. The van der Waals surface area contributed by atoms with Gasteiger partial charge in [0.15, 0.2) is 34.8 Å². The second-order valence-corrected chi connectivity index (χ2v) is 9.73. The van der Waals surface area contributed by atoms with Crippen molar-refractivity contribution >= 4 is 5.57 Å². The molecule has 0 spiro atoms. The van der Waals surface area contributed by atoms with E-state index in [2.05, 4.69) is 0 Å². The van der Waals surface area contributed by atoms with E-state index in [0.717, 1.165) is 12.8 Å². The molecule has 1 aliphatic rings. The van der Waals surface area contributed by atoms with Crippen molar-refractivity contribution in [3.63, 3.8) is 0 Å². The predicted octanol–water partition coefficient (Wildman–Crippen LogP) is 9.33. The molecule has 0 aliphatic heterocycles. The molecule has 208 valence electrons. The lowest BCUT2D eigenvalue weighted by Gasteiger charge is -2.24. The van der Waals surface area contributed by atoms with Gasteiger partial charge in [-0.1, -0.05) is 50.1 Å². The SMILES string of the molecule is CCCCCOc1ccc(OCc2ccc(C3=CCC(c4ccc(C)c(F)c4F)CC3)c(F)c2F)c(F)c1F. The van der Waals surface area contributed by atoms with Crippen molar-refractivity contribution in [2.24, 2.45) is 0 Å². The van der Waals surface area contributed by atoms with E-state index in [0.29, 0.717) is 31.3 Å². The molecule has 8 heteroatoms. The summed E-state index contributed by atoms with van der Waals surface area (Å²) in [6.45, 7) is 3.23. The van der Waals surface area contributed by atoms with Crippen LogP contribution in [0.25, 0.3) is 5.57 Å². The van der Waals surface area contributed by atoms with E-state index in [4.69, 9.17) is 9.47 Å². The highest BCUT2D eigenvalue weighted by Gasteiger charge is 2.25. The Kier molecular flexibility index (Phi) is 9.25. The summed E-state index contributed by atoms with van der Waals surface area (Å²) < 4.78 is 97.6. The molecular formula is C31H30F6O2. The second kappa shape index (κ2) is 12.6. The molecule has 1 atom stereocenters. The minimum absolute atomic E-state index is 0.0621. The summed E-state index contributed by atoms with van der Waals surface area (Å²) in [7, 11) is 0. The van der Waals surface area contributed by atoms with Gasteiger partial charge in [0.05, 0.1) is 6.61 Å². The second-order valence-electron chi connectivity index (χ2n) is 9.73. The molecule has 0 heterocycles. The maximum absolute atomic E-state index is 15.0. The van der Waals surface area contributed by atoms with Gasteiger partial charge in [-0.3, -0.25) is 0 Å². The Labute approximate surface area is 224 Å². The summed E-state index contributed by atoms with van der Waals surface area (Å²) in [5.74, 6) is -7.42. The third-order valence-corrected chi connectivity index (χ3v) is 7.06. The lowest BCUT2D eigenvalue weighted by molar-refractivity contribution is 0.263. The molecule has 2 nitrogen and oxygen atoms in total. The predicted molar refractivity (Wildman–Crippen MR) is 138 cm³/mol. The number of hydrogen-bond acceptors (Lipinski definition) is 2. The van der Waals surface area contributed by atoms with Crippen molar-refractivity contribution in [2.75, 3.05) is 6.61 Å². The molecule has 39 heavy (non-hydrogen) atoms. The van der Waals surface area contributed by atoms with Crippen molar-refractivity contribution < 1.29 is 35.8 Å². The largest absolute Gasteiger partial charge is 0.490 e. The first-order valence-electron chi connectivity index (χ1n) is 13.1. The molecule has 0 aromatic heterocycles. The number of hydrogen-bond donors (Lipinski definition) is 0. The van der Waals surface area contributed by atoms with Gasteiger partial charge >= 0.3 is 0 Å². The van der Waals surface area contributed by atoms with Crippen LogP contribution < -0.4 is 9.47 Å². The van der Waals surface area contributed by atoms with Crippen LogP contribution >= 0.6 is 0 Å². The fourth-order valence-electron chi connectivity index (χ4n) is 4.71. The lowest BCUT2D eigenvalue weighted by Crippen LogP contribution is -2.10. The number of benzene rings is 3. The van der Waals surface area contributed by atoms with Crippen LogP contribution in [0.3, 0.4) is 0 Å². The highest BCUT2D eigenvalue weighted by atomic mass is 19.2. The molecule has 3 aromatic rings. The molecular weight excluding hydrogens is 518 g/mol. The maximum atomic E-state index is 15.0. The molecule has 0 radical (unpaired) electrons. The topological polar surface area (TPSA) is 18.5 Å². The monoisotopic (exact) mass is 548 g/mol. The molecule has 0 saturated carbocycles. The highest BCUT2D eigenvalue weighted by molar-refractivity contribution is 5.67. The van der Waals surface area contributed by atoms with Gasteiger partial charge in [0.2, 0.25) is 11.6 Å². The standard InChI is InChI=1S/C31H30F6O2/c1-3-4-5-16-38-24-14-15-25(31(37)30(24)36)39-17-21-11-13-23(29(35)27(21)33)20-9-7-19(8-10-20)22-12-6-18(2)26(32)28(22)34/h6,9,11-15,19H,3-5,7-8,10,16-17H2,1-2H3. The number of aryl methyl sites for hydroxylation is 1. The summed E-state index contributed by atoms with van der Waals surface area (Å²) in [4.78, 5) is 0. The molecule has 4 rings (SSSR count). The molecule has 0 bridgehead atoms. The number of allylic oxidation sites excluding steroid dienone is 2. The van der Waals surface area contributed by atoms with Gasteiger partial charge in [-0.25, -0.2) is 17.6 Å². The van der Waals surface area contributed by atoms with Crippen molar-refractivity contribution in [3.05, 3.63) is 99.6 Å². The fraction of sp³-hybridized carbons (Fsp3) is 0.355. The first kappa shape index (κ1) is 28.6. The minimum Gasteiger partial charge on any atom is -0.490 e. The van der Waals surface area contributed by atoms with Crippen LogP contribution in [0.2, 0.25) is 0 Å². The fourth-order valence-corrected chi connectivity index (χ4v) is 4.71. The summed E-state index contributed by atoms with van der Waals surface area (Å²) in [5.41, 5.74) is 0.953. The van der Waals surface area contributed by atoms with Crippen molar-refractivity contribution in [1.82, 2.24) is 0 Å². The van der Waals surface area contributed by atoms with E-state index in [9.17, 15) is 26.3 Å². The normalized spacial score (nSPS) is 15.3. The zero-order valence-electron chi connectivity index (χ0n) is 21.9. The molecule has 1 unspecified atom stereocenters. The minimum atomic E-state index is -1.27. The first-order chi connectivity index (χ1) is 18.7. The van der Waals surface area contributed by atoms with E-state index >= 15 is 0 Å². The number of ether oxygens (including phenoxy) is 2. The summed E-state index contributed by atoms with van der Waals surface area (Å²) in [6.07, 6.45) is 5.43. The summed E-state index contributed by atoms with van der Waals surface area (Å²) in [6, 6.07) is 8.24. The van der Waals surface area contributed by atoms with Crippen LogP contribution in [0.1, 0.15) is 73.6 Å². The first-order valence-corrected chi connectivity index (χ1v) is 13.1. The number of halogens is 6. The van der Waals surface area contributed by atoms with Gasteiger partial charge in [0.25, 0.3) is 0 Å². The van der Waals surface area contributed by atoms with Crippen LogP contribution in [0.4, 0.5) is 26.3 Å². The van der Waals surface area contributed by atoms with Gasteiger partial charge in [0, 0.05) is 11.1 Å². The van der Waals surface area contributed by atoms with Crippen molar-refractivity contribution in [2.45, 2.75) is 64.9 Å². The molecule has 3 aromatic carbocycles. The Hall–Kier alpha value is -3.42. The van der Waals surface area contributed by atoms with Crippen molar-refractivity contribution in [3.8, 4) is 11.5 Å². The Morgan fingerprint density at radius 3 is 2.13 bits per heavy atom. The third-order valence-electron chi connectivity index (χ3n) is 7.06. The summed E-state index contributed by atoms with van der Waals surface area (Å²) >= 11 is 0. The van der Waals surface area contributed by atoms with E-state index in [-0.39, 0.29) is 40.5 Å². The summed E-state index contributed by atoms with van der Waals surface area (Å²) in [5, 5.41) is 0. The highest BCUT2D eigenvalue weighted by Crippen LogP contribution is 2.39. The van der Waals surface area contributed by atoms with Crippen LogP contribution in [0.15, 0.2) is 42.5 Å². The number of unbranched alkanes of at least 4 members (excludes halogenated alkanes) is 2. The van der Waals surface area contributed by atoms with Crippen LogP contribution in [-0.4, -0.2) is 6.61 Å². The Morgan fingerprint density at radius 1 is 0.744 bits per heavy atom. The quantitative estimate of drug-likeness (QED) is 0.186. The molecule has 0 fully saturated rings. The zero-order chi connectivity index (χ0) is 28.1. The Morgan fingerprint density at radius 2 is 1.46 bits per heavy atom. The van der Waals surface area contributed by atoms with E-state index in [1.165, 1.54) is 37.3 Å². The Balaban J connectivity index is 1.43. The zero-order valence-corrected chi connectivity index (χ0v) is 21.9. The third kappa shape index (κ3) is 6.26. The van der Waals surface area contributed by atoms with Gasteiger partial charge in [-0.15, -0.1) is 0 Å². The number of rotatable bonds is 10. The van der Waals surface area contributed by atoms with Gasteiger partial charge < -0.3 is 9.47 Å².